The van der Waals surface area contributed by atoms with Crippen LogP contribution in [0.5, 0.6) is 0 Å². The van der Waals surface area contributed by atoms with E-state index in [1.165, 1.54) is 0 Å². The summed E-state index contributed by atoms with van der Waals surface area (Å²) in [6.07, 6.45) is 0. The number of benzene rings is 3. The highest BCUT2D eigenvalue weighted by Gasteiger charge is 2.15. The molecule has 0 aliphatic rings. The van der Waals surface area contributed by atoms with E-state index in [1.807, 2.05) is 56.3 Å². The van der Waals surface area contributed by atoms with Gasteiger partial charge in [0.1, 0.15) is 0 Å². The molecular weight excluding hydrogens is 342 g/mol. The molecule has 0 saturated heterocycles. The van der Waals surface area contributed by atoms with Crippen molar-refractivity contribution in [1.82, 2.24) is 0 Å². The fourth-order valence-corrected chi connectivity index (χ4v) is 3.50. The molecule has 3 rings (SSSR count). The zero-order valence-corrected chi connectivity index (χ0v) is 15.5. The first kappa shape index (κ1) is 17.8. The van der Waals surface area contributed by atoms with E-state index in [-0.39, 0.29) is 4.90 Å². The second-order valence-electron chi connectivity index (χ2n) is 6.08. The maximum Gasteiger partial charge on any atom is 0.261 e. The lowest BCUT2D eigenvalue weighted by Gasteiger charge is -2.11. The van der Waals surface area contributed by atoms with Crippen LogP contribution in [0.3, 0.4) is 0 Å². The summed E-state index contributed by atoms with van der Waals surface area (Å²) < 4.78 is 28.1. The highest BCUT2D eigenvalue weighted by Crippen LogP contribution is 2.21. The van der Waals surface area contributed by atoms with E-state index in [1.54, 1.807) is 30.3 Å². The molecular formula is C22H19NO2S. The molecule has 3 aromatic rings. The van der Waals surface area contributed by atoms with Gasteiger partial charge in [-0.15, -0.1) is 0 Å². The molecule has 0 bridgehead atoms. The molecule has 0 unspecified atom stereocenters. The van der Waals surface area contributed by atoms with Gasteiger partial charge in [-0.3, -0.25) is 4.72 Å². The predicted molar refractivity (Wildman–Crippen MR) is 106 cm³/mol. The first-order chi connectivity index (χ1) is 12.4. The summed E-state index contributed by atoms with van der Waals surface area (Å²) in [6.45, 7) is 3.83. The van der Waals surface area contributed by atoms with Gasteiger partial charge in [0, 0.05) is 11.1 Å². The lowest BCUT2D eigenvalue weighted by molar-refractivity contribution is 0.601. The second-order valence-corrected chi connectivity index (χ2v) is 7.77. The van der Waals surface area contributed by atoms with E-state index in [4.69, 9.17) is 0 Å². The molecule has 0 aromatic heterocycles. The number of aryl methyl sites for hydroxylation is 2. The molecule has 0 aliphatic heterocycles. The van der Waals surface area contributed by atoms with Gasteiger partial charge in [0.15, 0.2) is 0 Å². The van der Waals surface area contributed by atoms with Crippen LogP contribution in [0.1, 0.15) is 22.3 Å². The van der Waals surface area contributed by atoms with Crippen LogP contribution in [-0.4, -0.2) is 8.42 Å². The van der Waals surface area contributed by atoms with Gasteiger partial charge < -0.3 is 0 Å². The van der Waals surface area contributed by atoms with Crippen LogP contribution in [-0.2, 0) is 10.0 Å². The van der Waals surface area contributed by atoms with Gasteiger partial charge in [-0.1, -0.05) is 53.8 Å². The summed E-state index contributed by atoms with van der Waals surface area (Å²) in [7, 11) is -3.67. The molecule has 0 heterocycles. The summed E-state index contributed by atoms with van der Waals surface area (Å²) in [4.78, 5) is 0.228. The molecule has 1 N–H and O–H groups in total. The molecule has 0 atom stereocenters. The molecule has 0 aliphatic carbocycles. The Morgan fingerprint density at radius 2 is 1.42 bits per heavy atom. The van der Waals surface area contributed by atoms with E-state index in [0.717, 1.165) is 16.7 Å². The van der Waals surface area contributed by atoms with Gasteiger partial charge in [0.2, 0.25) is 0 Å². The topological polar surface area (TPSA) is 46.2 Å². The number of hydrogen-bond acceptors (Lipinski definition) is 2. The first-order valence-corrected chi connectivity index (χ1v) is 9.69. The standard InChI is InChI=1S/C22H19NO2S/c1-17-9-14-21(15-10-17)26(24,25)23-22-16-18(2)8-12-20(22)13-11-19-6-4-3-5-7-19/h3-10,12,14-16,23H,1-2H3. The molecule has 3 nitrogen and oxygen atoms in total. The van der Waals surface area contributed by atoms with E-state index >= 15 is 0 Å². The largest absolute Gasteiger partial charge is 0.278 e. The molecule has 0 spiro atoms. The smallest absolute Gasteiger partial charge is 0.261 e. The van der Waals surface area contributed by atoms with E-state index in [9.17, 15) is 8.42 Å². The van der Waals surface area contributed by atoms with Gasteiger partial charge in [0.25, 0.3) is 10.0 Å². The Balaban J connectivity index is 1.96. The third-order valence-electron chi connectivity index (χ3n) is 3.87. The molecule has 0 radical (unpaired) electrons. The second kappa shape index (κ2) is 7.47. The minimum absolute atomic E-state index is 0.228. The zero-order chi connectivity index (χ0) is 18.6. The van der Waals surface area contributed by atoms with Crippen LogP contribution in [0.2, 0.25) is 0 Å². The lowest BCUT2D eigenvalue weighted by atomic mass is 10.1. The van der Waals surface area contributed by atoms with Crippen LogP contribution in [0.15, 0.2) is 77.7 Å². The molecule has 0 fully saturated rings. The van der Waals surface area contributed by atoms with Crippen LogP contribution < -0.4 is 4.72 Å². The van der Waals surface area contributed by atoms with Crippen molar-refractivity contribution in [2.45, 2.75) is 18.7 Å². The molecule has 4 heteroatoms. The Hall–Kier alpha value is -3.03. The Morgan fingerprint density at radius 3 is 2.12 bits per heavy atom. The highest BCUT2D eigenvalue weighted by molar-refractivity contribution is 7.92. The van der Waals surface area contributed by atoms with Crippen molar-refractivity contribution in [3.63, 3.8) is 0 Å². The number of sulfonamides is 1. The molecule has 26 heavy (non-hydrogen) atoms. The van der Waals surface area contributed by atoms with Crippen LogP contribution in [0.4, 0.5) is 5.69 Å². The summed E-state index contributed by atoms with van der Waals surface area (Å²) >= 11 is 0. The fraction of sp³-hybridized carbons (Fsp3) is 0.0909. The number of hydrogen-bond donors (Lipinski definition) is 1. The average Bonchev–Trinajstić information content (AvgIpc) is 2.62. The normalized spacial score (nSPS) is 10.7. The van der Waals surface area contributed by atoms with E-state index in [2.05, 4.69) is 16.6 Å². The van der Waals surface area contributed by atoms with Crippen LogP contribution in [0, 0.1) is 25.7 Å². The van der Waals surface area contributed by atoms with Crippen LogP contribution in [0.25, 0.3) is 0 Å². The maximum atomic E-state index is 12.7. The Kier molecular flexibility index (Phi) is 5.11. The summed E-state index contributed by atoms with van der Waals surface area (Å²) in [5, 5.41) is 0. The van der Waals surface area contributed by atoms with Crippen molar-refractivity contribution in [1.29, 1.82) is 0 Å². The van der Waals surface area contributed by atoms with Crippen molar-refractivity contribution < 1.29 is 8.42 Å². The number of nitrogens with one attached hydrogen (secondary N) is 1. The minimum atomic E-state index is -3.67. The molecule has 0 amide bonds. The predicted octanol–water partition coefficient (Wildman–Crippen LogP) is 4.50. The molecule has 0 saturated carbocycles. The highest BCUT2D eigenvalue weighted by atomic mass is 32.2. The van der Waals surface area contributed by atoms with Gasteiger partial charge >= 0.3 is 0 Å². The van der Waals surface area contributed by atoms with Crippen molar-refractivity contribution in [3.05, 3.63) is 95.1 Å². The van der Waals surface area contributed by atoms with Crippen LogP contribution >= 0.6 is 0 Å². The monoisotopic (exact) mass is 361 g/mol. The first-order valence-electron chi connectivity index (χ1n) is 8.21. The van der Waals surface area contributed by atoms with Gasteiger partial charge in [-0.2, -0.15) is 0 Å². The third kappa shape index (κ3) is 4.33. The fourth-order valence-electron chi connectivity index (χ4n) is 2.43. The van der Waals surface area contributed by atoms with Crippen molar-refractivity contribution >= 4 is 15.7 Å². The van der Waals surface area contributed by atoms with E-state index in [0.29, 0.717) is 11.3 Å². The van der Waals surface area contributed by atoms with Gasteiger partial charge in [-0.05, 0) is 55.8 Å². The maximum absolute atomic E-state index is 12.7. The minimum Gasteiger partial charge on any atom is -0.278 e. The zero-order valence-electron chi connectivity index (χ0n) is 14.7. The summed E-state index contributed by atoms with van der Waals surface area (Å²) in [6, 6.07) is 21.9. The quantitative estimate of drug-likeness (QED) is 0.698. The lowest BCUT2D eigenvalue weighted by Crippen LogP contribution is -2.14. The van der Waals surface area contributed by atoms with Crippen molar-refractivity contribution in [2.75, 3.05) is 4.72 Å². The molecule has 130 valence electrons. The van der Waals surface area contributed by atoms with Crippen molar-refractivity contribution in [3.8, 4) is 11.8 Å². The van der Waals surface area contributed by atoms with Gasteiger partial charge in [0.05, 0.1) is 10.6 Å². The summed E-state index contributed by atoms with van der Waals surface area (Å²) in [5.41, 5.74) is 3.95. The SMILES string of the molecule is Cc1ccc(S(=O)(=O)Nc2cc(C)ccc2C#Cc2ccccc2)cc1. The van der Waals surface area contributed by atoms with E-state index < -0.39 is 10.0 Å². The molecule has 3 aromatic carbocycles. The Morgan fingerprint density at radius 1 is 0.769 bits per heavy atom. The number of rotatable bonds is 3. The Labute approximate surface area is 154 Å². The Bertz CT molecular complexity index is 1070. The third-order valence-corrected chi connectivity index (χ3v) is 5.25. The average molecular weight is 361 g/mol. The summed E-state index contributed by atoms with van der Waals surface area (Å²) in [5.74, 6) is 6.13. The van der Waals surface area contributed by atoms with Gasteiger partial charge in [-0.25, -0.2) is 8.42 Å². The number of anilines is 1. The van der Waals surface area contributed by atoms with Crippen molar-refractivity contribution in [2.24, 2.45) is 0 Å².